The predicted octanol–water partition coefficient (Wildman–Crippen LogP) is 4.91. The van der Waals surface area contributed by atoms with Crippen molar-refractivity contribution in [2.75, 3.05) is 43.8 Å². The lowest BCUT2D eigenvalue weighted by Crippen LogP contribution is -2.45. The van der Waals surface area contributed by atoms with Crippen LogP contribution in [0.4, 0.5) is 26.6 Å². The molecule has 5 rings (SSSR count). The van der Waals surface area contributed by atoms with Gasteiger partial charge in [0.25, 0.3) is 0 Å². The van der Waals surface area contributed by atoms with E-state index in [1.807, 2.05) is 30.6 Å². The zero-order chi connectivity index (χ0) is 30.4. The van der Waals surface area contributed by atoms with Crippen LogP contribution in [0.5, 0.6) is 11.5 Å². The Morgan fingerprint density at radius 2 is 1.71 bits per heavy atom. The van der Waals surface area contributed by atoms with Crippen molar-refractivity contribution in [1.29, 1.82) is 0 Å². The van der Waals surface area contributed by atoms with Crippen molar-refractivity contribution in [3.63, 3.8) is 0 Å². The maximum Gasteiger partial charge on any atom is 0.410 e. The first-order valence-electron chi connectivity index (χ1n) is 13.7. The van der Waals surface area contributed by atoms with Crippen LogP contribution < -0.4 is 19.7 Å². The van der Waals surface area contributed by atoms with Gasteiger partial charge < -0.3 is 29.3 Å². The van der Waals surface area contributed by atoms with Crippen LogP contribution >= 0.6 is 0 Å². The second kappa shape index (κ2) is 11.1. The molecule has 13 heteroatoms. The van der Waals surface area contributed by atoms with E-state index in [0.717, 1.165) is 25.2 Å². The van der Waals surface area contributed by atoms with E-state index in [-0.39, 0.29) is 28.8 Å². The Hall–Kier alpha value is -3.87. The molecule has 2 bridgehead atoms. The summed E-state index contributed by atoms with van der Waals surface area (Å²) in [5.41, 5.74) is -0.0136. The summed E-state index contributed by atoms with van der Waals surface area (Å²) < 4.78 is 55.6. The number of fused-ring (bicyclic) bond motifs is 3. The molecule has 1 N–H and O–H groups in total. The standard InChI is InChI=1S/C29H36FN5O6S/c1-29(2,3)41-28(36)35-17-7-8-18(35)16-34(12-11-17)27-32-23-15-25(40-5)24(39-4)14-20(23)26(33-27)31-22-10-9-19(13-21(22)30)42(6,37)38/h9-10,13-15,17-18H,7-8,11-12,16H2,1-6H3,(H,31,32,33). The molecule has 1 aromatic heterocycles. The predicted molar refractivity (Wildman–Crippen MR) is 157 cm³/mol. The van der Waals surface area contributed by atoms with Crippen molar-refractivity contribution >= 4 is 44.3 Å². The van der Waals surface area contributed by atoms with Crippen molar-refractivity contribution in [3.05, 3.63) is 36.1 Å². The summed E-state index contributed by atoms with van der Waals surface area (Å²) in [4.78, 5) is 26.5. The fourth-order valence-corrected chi connectivity index (χ4v) is 6.14. The van der Waals surface area contributed by atoms with Gasteiger partial charge in [-0.3, -0.25) is 0 Å². The first kappa shape index (κ1) is 29.6. The van der Waals surface area contributed by atoms with E-state index in [9.17, 15) is 13.2 Å². The highest BCUT2D eigenvalue weighted by molar-refractivity contribution is 7.90. The molecule has 226 valence electrons. The molecule has 42 heavy (non-hydrogen) atoms. The van der Waals surface area contributed by atoms with Crippen molar-refractivity contribution in [1.82, 2.24) is 14.9 Å². The summed E-state index contributed by atoms with van der Waals surface area (Å²) in [5.74, 6) is 0.877. The van der Waals surface area contributed by atoms with E-state index in [2.05, 4.69) is 5.32 Å². The van der Waals surface area contributed by atoms with Gasteiger partial charge >= 0.3 is 6.09 Å². The van der Waals surface area contributed by atoms with Crippen LogP contribution in [0.1, 0.15) is 40.0 Å². The topological polar surface area (TPSA) is 123 Å². The van der Waals surface area contributed by atoms with Crippen molar-refractivity contribution in [3.8, 4) is 11.5 Å². The fraction of sp³-hybridized carbons (Fsp3) is 0.483. The molecule has 2 saturated heterocycles. The number of hydrogen-bond donors (Lipinski definition) is 1. The van der Waals surface area contributed by atoms with Crippen LogP contribution in [0.25, 0.3) is 10.9 Å². The third-order valence-electron chi connectivity index (χ3n) is 7.48. The molecule has 3 aromatic rings. The summed E-state index contributed by atoms with van der Waals surface area (Å²) in [6, 6.07) is 7.09. The average molecular weight is 602 g/mol. The molecule has 2 unspecified atom stereocenters. The van der Waals surface area contributed by atoms with E-state index >= 15 is 4.39 Å². The van der Waals surface area contributed by atoms with E-state index in [1.165, 1.54) is 26.4 Å². The minimum absolute atomic E-state index is 0.0501. The number of rotatable bonds is 6. The third kappa shape index (κ3) is 6.01. The number of nitrogens with zero attached hydrogens (tertiary/aromatic N) is 4. The number of sulfone groups is 1. The van der Waals surface area contributed by atoms with E-state index in [0.29, 0.717) is 53.7 Å². The van der Waals surface area contributed by atoms with Crippen LogP contribution in [-0.4, -0.2) is 80.6 Å². The van der Waals surface area contributed by atoms with Crippen LogP contribution in [0.15, 0.2) is 35.2 Å². The molecule has 0 aliphatic carbocycles. The number of nitrogens with one attached hydrogen (secondary N) is 1. The molecule has 2 aromatic carbocycles. The number of carbonyl (C=O) groups is 1. The lowest BCUT2D eigenvalue weighted by Gasteiger charge is -2.31. The molecule has 0 spiro atoms. The lowest BCUT2D eigenvalue weighted by atomic mass is 10.1. The Morgan fingerprint density at radius 3 is 2.36 bits per heavy atom. The average Bonchev–Trinajstić information content (AvgIpc) is 3.21. The number of aromatic nitrogens is 2. The van der Waals surface area contributed by atoms with Crippen molar-refractivity contribution < 1.29 is 31.8 Å². The number of amides is 1. The second-order valence-corrected chi connectivity index (χ2v) is 13.7. The molecule has 11 nitrogen and oxygen atoms in total. The monoisotopic (exact) mass is 601 g/mol. The maximum atomic E-state index is 15.1. The van der Waals surface area contributed by atoms with Gasteiger partial charge in [0.1, 0.15) is 17.2 Å². The Morgan fingerprint density at radius 1 is 1.02 bits per heavy atom. The van der Waals surface area contributed by atoms with Crippen LogP contribution in [0.3, 0.4) is 0 Å². The zero-order valence-corrected chi connectivity index (χ0v) is 25.4. The Labute approximate surface area is 244 Å². The molecule has 2 fully saturated rings. The normalized spacial score (nSPS) is 19.0. The Balaban J connectivity index is 1.54. The van der Waals surface area contributed by atoms with Crippen LogP contribution in [-0.2, 0) is 14.6 Å². The van der Waals surface area contributed by atoms with Crippen LogP contribution in [0.2, 0.25) is 0 Å². The number of benzene rings is 2. The van der Waals surface area contributed by atoms with Gasteiger partial charge in [0.15, 0.2) is 21.3 Å². The minimum atomic E-state index is -3.58. The van der Waals surface area contributed by atoms with Gasteiger partial charge in [-0.25, -0.2) is 22.6 Å². The molecule has 2 aliphatic heterocycles. The Kier molecular flexibility index (Phi) is 7.82. The number of ether oxygens (including phenoxy) is 3. The number of halogens is 1. The molecule has 3 heterocycles. The number of methoxy groups -OCH3 is 2. The number of hydrogen-bond acceptors (Lipinski definition) is 10. The van der Waals surface area contributed by atoms with Gasteiger partial charge in [0, 0.05) is 36.8 Å². The highest BCUT2D eigenvalue weighted by Crippen LogP contribution is 2.38. The van der Waals surface area contributed by atoms with Gasteiger partial charge in [-0.15, -0.1) is 0 Å². The summed E-state index contributed by atoms with van der Waals surface area (Å²) in [6.07, 6.45) is 3.16. The Bertz CT molecular complexity index is 1630. The molecule has 0 radical (unpaired) electrons. The quantitative estimate of drug-likeness (QED) is 0.417. The highest BCUT2D eigenvalue weighted by Gasteiger charge is 2.42. The van der Waals surface area contributed by atoms with Crippen molar-refractivity contribution in [2.24, 2.45) is 0 Å². The smallest absolute Gasteiger partial charge is 0.410 e. The maximum absolute atomic E-state index is 15.1. The number of carbonyl (C=O) groups excluding carboxylic acids is 1. The van der Waals surface area contributed by atoms with Gasteiger partial charge in [-0.05, 0) is 64.3 Å². The van der Waals surface area contributed by atoms with Gasteiger partial charge in [0.05, 0.1) is 36.4 Å². The minimum Gasteiger partial charge on any atom is -0.493 e. The largest absolute Gasteiger partial charge is 0.493 e. The van der Waals surface area contributed by atoms with Crippen LogP contribution in [0, 0.1) is 5.82 Å². The first-order valence-corrected chi connectivity index (χ1v) is 15.6. The lowest BCUT2D eigenvalue weighted by molar-refractivity contribution is 0.0163. The summed E-state index contributed by atoms with van der Waals surface area (Å²) in [5, 5.41) is 3.59. The summed E-state index contributed by atoms with van der Waals surface area (Å²) >= 11 is 0. The zero-order valence-electron chi connectivity index (χ0n) is 24.6. The van der Waals surface area contributed by atoms with Gasteiger partial charge in [-0.1, -0.05) is 0 Å². The summed E-state index contributed by atoms with van der Waals surface area (Å²) in [6.45, 7) is 6.68. The fourth-order valence-electron chi connectivity index (χ4n) is 5.50. The SMILES string of the molecule is COc1cc2nc(N3CCC4CCC(C3)N4C(=O)OC(C)(C)C)nc(Nc3ccc(S(C)(=O)=O)cc3F)c2cc1OC. The molecular formula is C29H36FN5O6S. The van der Waals surface area contributed by atoms with E-state index in [4.69, 9.17) is 24.2 Å². The molecule has 2 atom stereocenters. The second-order valence-electron chi connectivity index (χ2n) is 11.6. The summed E-state index contributed by atoms with van der Waals surface area (Å²) in [7, 11) is -0.543. The van der Waals surface area contributed by atoms with E-state index < -0.39 is 21.3 Å². The molecule has 2 aliphatic rings. The third-order valence-corrected chi connectivity index (χ3v) is 8.59. The van der Waals surface area contributed by atoms with E-state index in [1.54, 1.807) is 12.1 Å². The molecule has 1 amide bonds. The van der Waals surface area contributed by atoms with Crippen molar-refractivity contribution in [2.45, 2.75) is 62.6 Å². The molecular weight excluding hydrogens is 565 g/mol. The molecule has 0 saturated carbocycles. The van der Waals surface area contributed by atoms with Gasteiger partial charge in [-0.2, -0.15) is 4.98 Å². The van der Waals surface area contributed by atoms with Gasteiger partial charge in [0.2, 0.25) is 5.95 Å². The number of anilines is 3. The first-order chi connectivity index (χ1) is 19.8. The highest BCUT2D eigenvalue weighted by atomic mass is 32.2.